The van der Waals surface area contributed by atoms with Crippen molar-refractivity contribution in [3.8, 4) is 10.4 Å². The Morgan fingerprint density at radius 2 is 1.88 bits per heavy atom. The zero-order valence-electron chi connectivity index (χ0n) is 14.7. The van der Waals surface area contributed by atoms with Crippen LogP contribution in [0.5, 0.6) is 0 Å². The molecule has 2 heterocycles. The zero-order valence-corrected chi connectivity index (χ0v) is 15.5. The van der Waals surface area contributed by atoms with Crippen LogP contribution in [0.2, 0.25) is 0 Å². The first-order chi connectivity index (χ1) is 12.0. The molecule has 1 atom stereocenters. The molecule has 1 aromatic carbocycles. The van der Waals surface area contributed by atoms with Crippen LogP contribution in [0, 0.1) is 13.8 Å². The van der Waals surface area contributed by atoms with Gasteiger partial charge in [0.05, 0.1) is 27.3 Å². The van der Waals surface area contributed by atoms with Gasteiger partial charge >= 0.3 is 0 Å². The standard InChI is InChI=1S/C19H20N4OS/c1-12-18(25-14(3)22-12)15-5-7-16(8-6-15)19(24)23(4)13(2)17-9-10-20-11-21-17/h5-11,13H,1-4H3/t13-/m0/s1. The lowest BCUT2D eigenvalue weighted by Crippen LogP contribution is -2.30. The maximum Gasteiger partial charge on any atom is 0.254 e. The molecule has 2 aromatic heterocycles. The topological polar surface area (TPSA) is 59.0 Å². The van der Waals surface area contributed by atoms with Crippen LogP contribution in [0.15, 0.2) is 42.9 Å². The highest BCUT2D eigenvalue weighted by atomic mass is 32.1. The summed E-state index contributed by atoms with van der Waals surface area (Å²) in [6.07, 6.45) is 3.18. The second-order valence-electron chi connectivity index (χ2n) is 5.95. The average molecular weight is 352 g/mol. The van der Waals surface area contributed by atoms with E-state index in [4.69, 9.17) is 0 Å². The fourth-order valence-corrected chi connectivity index (χ4v) is 3.61. The predicted molar refractivity (Wildman–Crippen MR) is 99.6 cm³/mol. The van der Waals surface area contributed by atoms with Crippen LogP contribution in [0.25, 0.3) is 10.4 Å². The Labute approximate surface area is 151 Å². The van der Waals surface area contributed by atoms with Gasteiger partial charge < -0.3 is 4.90 Å². The molecule has 25 heavy (non-hydrogen) atoms. The Hall–Kier alpha value is -2.60. The number of hydrogen-bond donors (Lipinski definition) is 0. The minimum Gasteiger partial charge on any atom is -0.333 e. The summed E-state index contributed by atoms with van der Waals surface area (Å²) in [5, 5.41) is 1.05. The summed E-state index contributed by atoms with van der Waals surface area (Å²) in [5.74, 6) is -0.0325. The van der Waals surface area contributed by atoms with Gasteiger partial charge in [0.15, 0.2) is 0 Å². The lowest BCUT2D eigenvalue weighted by atomic mass is 10.1. The second-order valence-corrected chi connectivity index (χ2v) is 7.15. The fourth-order valence-electron chi connectivity index (χ4n) is 2.69. The van der Waals surface area contributed by atoms with Gasteiger partial charge in [-0.15, -0.1) is 11.3 Å². The highest BCUT2D eigenvalue weighted by Gasteiger charge is 2.20. The van der Waals surface area contributed by atoms with Crippen molar-refractivity contribution in [3.63, 3.8) is 0 Å². The molecule has 0 aliphatic rings. The third-order valence-electron chi connectivity index (χ3n) is 4.23. The molecular weight excluding hydrogens is 332 g/mol. The van der Waals surface area contributed by atoms with Gasteiger partial charge in [-0.3, -0.25) is 4.79 Å². The van der Waals surface area contributed by atoms with E-state index >= 15 is 0 Å². The highest BCUT2D eigenvalue weighted by Crippen LogP contribution is 2.30. The SMILES string of the molecule is Cc1nc(C)c(-c2ccc(C(=O)N(C)[C@@H](C)c3ccncn3)cc2)s1. The first-order valence-corrected chi connectivity index (χ1v) is 8.86. The van der Waals surface area contributed by atoms with Crippen molar-refractivity contribution in [1.29, 1.82) is 0 Å². The van der Waals surface area contributed by atoms with Gasteiger partial charge in [0.25, 0.3) is 5.91 Å². The molecule has 0 N–H and O–H groups in total. The van der Waals surface area contributed by atoms with E-state index in [1.54, 1.807) is 29.5 Å². The van der Waals surface area contributed by atoms with Gasteiger partial charge in [0.2, 0.25) is 0 Å². The lowest BCUT2D eigenvalue weighted by Gasteiger charge is -2.24. The number of carbonyl (C=O) groups excluding carboxylic acids is 1. The van der Waals surface area contributed by atoms with Crippen LogP contribution in [-0.4, -0.2) is 32.8 Å². The van der Waals surface area contributed by atoms with Crippen molar-refractivity contribution < 1.29 is 4.79 Å². The lowest BCUT2D eigenvalue weighted by molar-refractivity contribution is 0.0739. The number of carbonyl (C=O) groups is 1. The Balaban J connectivity index is 1.80. The van der Waals surface area contributed by atoms with Crippen LogP contribution < -0.4 is 0 Å². The van der Waals surface area contributed by atoms with E-state index < -0.39 is 0 Å². The number of hydrogen-bond acceptors (Lipinski definition) is 5. The summed E-state index contributed by atoms with van der Waals surface area (Å²) < 4.78 is 0. The van der Waals surface area contributed by atoms with Crippen molar-refractivity contribution in [2.45, 2.75) is 26.8 Å². The molecule has 5 nitrogen and oxygen atoms in total. The minimum atomic E-state index is -0.124. The smallest absolute Gasteiger partial charge is 0.254 e. The van der Waals surface area contributed by atoms with Gasteiger partial charge in [0.1, 0.15) is 6.33 Å². The van der Waals surface area contributed by atoms with E-state index in [0.717, 1.165) is 26.8 Å². The molecule has 0 fully saturated rings. The summed E-state index contributed by atoms with van der Waals surface area (Å²) >= 11 is 1.67. The van der Waals surface area contributed by atoms with Crippen LogP contribution in [0.3, 0.4) is 0 Å². The molecule has 1 amide bonds. The maximum absolute atomic E-state index is 12.8. The first kappa shape index (κ1) is 17.2. The number of aryl methyl sites for hydroxylation is 2. The Kier molecular flexibility index (Phi) is 4.90. The summed E-state index contributed by atoms with van der Waals surface area (Å²) in [7, 11) is 1.79. The second kappa shape index (κ2) is 7.11. The van der Waals surface area contributed by atoms with E-state index in [2.05, 4.69) is 15.0 Å². The predicted octanol–water partition coefficient (Wildman–Crippen LogP) is 4.05. The number of amides is 1. The zero-order chi connectivity index (χ0) is 18.0. The number of benzene rings is 1. The minimum absolute atomic E-state index is 0.0325. The van der Waals surface area contributed by atoms with Crippen molar-refractivity contribution in [3.05, 3.63) is 64.8 Å². The van der Waals surface area contributed by atoms with Gasteiger partial charge in [-0.25, -0.2) is 15.0 Å². The van der Waals surface area contributed by atoms with E-state index in [-0.39, 0.29) is 11.9 Å². The Bertz CT molecular complexity index is 874. The van der Waals surface area contributed by atoms with Gasteiger partial charge in [-0.1, -0.05) is 12.1 Å². The highest BCUT2D eigenvalue weighted by molar-refractivity contribution is 7.15. The van der Waals surface area contributed by atoms with Crippen LogP contribution in [0.1, 0.15) is 39.7 Å². The molecular formula is C19H20N4OS. The van der Waals surface area contributed by atoms with Crippen LogP contribution >= 0.6 is 11.3 Å². The van der Waals surface area contributed by atoms with Crippen molar-refractivity contribution in [2.24, 2.45) is 0 Å². The number of thiazole rings is 1. The van der Waals surface area contributed by atoms with Gasteiger partial charge in [0, 0.05) is 18.8 Å². The monoisotopic (exact) mass is 352 g/mol. The largest absolute Gasteiger partial charge is 0.333 e. The van der Waals surface area contributed by atoms with Gasteiger partial charge in [-0.2, -0.15) is 0 Å². The van der Waals surface area contributed by atoms with E-state index in [9.17, 15) is 4.79 Å². The Morgan fingerprint density at radius 3 is 2.44 bits per heavy atom. The third kappa shape index (κ3) is 3.58. The molecule has 0 aliphatic carbocycles. The van der Waals surface area contributed by atoms with Crippen molar-refractivity contribution in [1.82, 2.24) is 19.9 Å². The van der Waals surface area contributed by atoms with E-state index in [1.807, 2.05) is 51.1 Å². The first-order valence-electron chi connectivity index (χ1n) is 8.05. The Morgan fingerprint density at radius 1 is 1.16 bits per heavy atom. The van der Waals surface area contributed by atoms with Crippen LogP contribution in [-0.2, 0) is 0 Å². The molecule has 0 unspecified atom stereocenters. The molecule has 6 heteroatoms. The summed E-state index contributed by atoms with van der Waals surface area (Å²) in [4.78, 5) is 28.2. The molecule has 0 aliphatic heterocycles. The van der Waals surface area contributed by atoms with E-state index in [0.29, 0.717) is 5.56 Å². The quantitative estimate of drug-likeness (QED) is 0.711. The third-order valence-corrected chi connectivity index (χ3v) is 5.35. The molecule has 128 valence electrons. The molecule has 0 saturated carbocycles. The average Bonchev–Trinajstić information content (AvgIpc) is 2.99. The molecule has 0 saturated heterocycles. The number of aromatic nitrogens is 3. The maximum atomic E-state index is 12.8. The molecule has 0 bridgehead atoms. The molecule has 0 radical (unpaired) electrons. The van der Waals surface area contributed by atoms with E-state index in [1.165, 1.54) is 6.33 Å². The van der Waals surface area contributed by atoms with Gasteiger partial charge in [-0.05, 0) is 44.5 Å². The summed E-state index contributed by atoms with van der Waals surface area (Å²) in [5.41, 5.74) is 3.59. The molecule has 3 rings (SSSR count). The van der Waals surface area contributed by atoms with Crippen molar-refractivity contribution in [2.75, 3.05) is 7.05 Å². The fraction of sp³-hybridized carbons (Fsp3) is 0.263. The summed E-state index contributed by atoms with van der Waals surface area (Å²) in [6, 6.07) is 9.41. The normalized spacial score (nSPS) is 12.0. The van der Waals surface area contributed by atoms with Crippen molar-refractivity contribution >= 4 is 17.2 Å². The number of rotatable bonds is 4. The summed E-state index contributed by atoms with van der Waals surface area (Å²) in [6.45, 7) is 5.97. The van der Waals surface area contributed by atoms with Crippen LogP contribution in [0.4, 0.5) is 0 Å². The molecule has 0 spiro atoms. The molecule has 3 aromatic rings. The number of nitrogens with zero attached hydrogens (tertiary/aromatic N) is 4.